The zero-order valence-corrected chi connectivity index (χ0v) is 10.7. The third-order valence-electron chi connectivity index (χ3n) is 3.59. The fraction of sp³-hybridized carbons (Fsp3) is 0.571. The van der Waals surface area contributed by atoms with Crippen LogP contribution in [0, 0.1) is 0 Å². The zero-order valence-electron chi connectivity index (χ0n) is 10.7. The van der Waals surface area contributed by atoms with E-state index in [4.69, 9.17) is 0 Å². The Balaban J connectivity index is 2.14. The van der Waals surface area contributed by atoms with E-state index in [1.54, 1.807) is 0 Å². The maximum absolute atomic E-state index is 12.2. The lowest BCUT2D eigenvalue weighted by Gasteiger charge is -2.19. The minimum absolute atomic E-state index is 0.222. The predicted octanol–water partition coefficient (Wildman–Crippen LogP) is 2.69. The first-order chi connectivity index (χ1) is 8.26. The highest BCUT2D eigenvalue weighted by molar-refractivity contribution is 5.59. The van der Waals surface area contributed by atoms with E-state index in [1.807, 2.05) is 7.05 Å². The number of fused-ring (bicyclic) bond motifs is 1. The first kappa shape index (κ1) is 12.4. The number of nitrogens with zero attached hydrogens (tertiary/aromatic N) is 1. The maximum Gasteiger partial charge on any atom is 0.0911 e. The lowest BCUT2D eigenvalue weighted by Crippen LogP contribution is -2.22. The Bertz CT molecular complexity index is 378. The molecule has 0 spiro atoms. The van der Waals surface area contributed by atoms with Crippen molar-refractivity contribution in [3.63, 3.8) is 0 Å². The third-order valence-corrected chi connectivity index (χ3v) is 3.59. The molecular weight excluding hydrogens is 215 g/mol. The molecule has 1 aromatic rings. The summed E-state index contributed by atoms with van der Waals surface area (Å²) in [7, 11) is 1.98. The van der Waals surface area contributed by atoms with Crippen LogP contribution in [0.3, 0.4) is 0 Å². The summed E-state index contributed by atoms with van der Waals surface area (Å²) in [5.41, 5.74) is 4.03. The van der Waals surface area contributed by atoms with Crippen LogP contribution in [0.4, 0.5) is 10.1 Å². The Morgan fingerprint density at radius 1 is 1.47 bits per heavy atom. The summed E-state index contributed by atoms with van der Waals surface area (Å²) in [4.78, 5) is 2.29. The van der Waals surface area contributed by atoms with Gasteiger partial charge in [-0.2, -0.15) is 0 Å². The number of rotatable bonds is 5. The first-order valence-corrected chi connectivity index (χ1v) is 6.37. The van der Waals surface area contributed by atoms with Crippen molar-refractivity contribution in [3.05, 3.63) is 29.3 Å². The van der Waals surface area contributed by atoms with Crippen LogP contribution in [-0.2, 0) is 6.42 Å². The summed E-state index contributed by atoms with van der Waals surface area (Å²) in [6, 6.07) is 7.03. The Labute approximate surface area is 103 Å². The molecule has 0 radical (unpaired) electrons. The normalized spacial score (nSPS) is 16.1. The highest BCUT2D eigenvalue weighted by atomic mass is 19.1. The molecule has 1 unspecified atom stereocenters. The van der Waals surface area contributed by atoms with Crippen LogP contribution in [0.15, 0.2) is 18.2 Å². The van der Waals surface area contributed by atoms with Gasteiger partial charge in [0, 0.05) is 24.8 Å². The number of anilines is 1. The number of nitrogens with one attached hydrogen (secondary N) is 1. The summed E-state index contributed by atoms with van der Waals surface area (Å²) in [5, 5.41) is 3.25. The summed E-state index contributed by atoms with van der Waals surface area (Å²) in [6.07, 6.45) is 1.72. The SMILES string of the molecule is CNC(C)c1ccc2c(c1)CCN2CCCF. The second-order valence-electron chi connectivity index (χ2n) is 4.68. The van der Waals surface area contributed by atoms with Crippen molar-refractivity contribution >= 4 is 5.69 Å². The second-order valence-corrected chi connectivity index (χ2v) is 4.68. The van der Waals surface area contributed by atoms with Crippen LogP contribution < -0.4 is 10.2 Å². The molecule has 94 valence electrons. The van der Waals surface area contributed by atoms with Gasteiger partial charge in [0.25, 0.3) is 0 Å². The van der Waals surface area contributed by atoms with Gasteiger partial charge in [-0.05, 0) is 44.0 Å². The number of alkyl halides is 1. The topological polar surface area (TPSA) is 15.3 Å². The molecular formula is C14H21FN2. The van der Waals surface area contributed by atoms with Crippen molar-refractivity contribution in [3.8, 4) is 0 Å². The number of hydrogen-bond acceptors (Lipinski definition) is 2. The van der Waals surface area contributed by atoms with Crippen LogP contribution in [-0.4, -0.2) is 26.8 Å². The average Bonchev–Trinajstić information content (AvgIpc) is 2.77. The number of halogens is 1. The second kappa shape index (κ2) is 5.50. The Kier molecular flexibility index (Phi) is 4.00. The molecule has 1 aromatic carbocycles. The molecule has 3 heteroatoms. The lowest BCUT2D eigenvalue weighted by atomic mass is 10.0. The van der Waals surface area contributed by atoms with E-state index in [2.05, 4.69) is 35.3 Å². The molecule has 1 heterocycles. The zero-order chi connectivity index (χ0) is 12.3. The van der Waals surface area contributed by atoms with E-state index in [-0.39, 0.29) is 6.67 Å². The van der Waals surface area contributed by atoms with Crippen molar-refractivity contribution < 1.29 is 4.39 Å². The summed E-state index contributed by atoms with van der Waals surface area (Å²) >= 11 is 0. The van der Waals surface area contributed by atoms with Crippen LogP contribution in [0.25, 0.3) is 0 Å². The fourth-order valence-electron chi connectivity index (χ4n) is 2.41. The lowest BCUT2D eigenvalue weighted by molar-refractivity contribution is 0.472. The third kappa shape index (κ3) is 2.60. The molecule has 0 aliphatic carbocycles. The Morgan fingerprint density at radius 3 is 3.00 bits per heavy atom. The highest BCUT2D eigenvalue weighted by Crippen LogP contribution is 2.30. The molecule has 0 fully saturated rings. The molecule has 0 aromatic heterocycles. The molecule has 1 atom stereocenters. The van der Waals surface area contributed by atoms with Gasteiger partial charge < -0.3 is 10.2 Å². The summed E-state index contributed by atoms with van der Waals surface area (Å²) < 4.78 is 12.2. The number of hydrogen-bond donors (Lipinski definition) is 1. The molecule has 0 saturated heterocycles. The van der Waals surface area contributed by atoms with Crippen molar-refractivity contribution in [1.82, 2.24) is 5.32 Å². The first-order valence-electron chi connectivity index (χ1n) is 6.37. The Hall–Kier alpha value is -1.09. The van der Waals surface area contributed by atoms with E-state index < -0.39 is 0 Å². The van der Waals surface area contributed by atoms with E-state index >= 15 is 0 Å². The van der Waals surface area contributed by atoms with Gasteiger partial charge in [-0.3, -0.25) is 4.39 Å². The van der Waals surface area contributed by atoms with Crippen LogP contribution in [0.2, 0.25) is 0 Å². The molecule has 0 bridgehead atoms. The van der Waals surface area contributed by atoms with Gasteiger partial charge in [0.2, 0.25) is 0 Å². The maximum atomic E-state index is 12.2. The van der Waals surface area contributed by atoms with Crippen LogP contribution in [0.5, 0.6) is 0 Å². The molecule has 0 amide bonds. The van der Waals surface area contributed by atoms with E-state index in [1.165, 1.54) is 16.8 Å². The van der Waals surface area contributed by atoms with Crippen molar-refractivity contribution in [1.29, 1.82) is 0 Å². The van der Waals surface area contributed by atoms with Gasteiger partial charge in [0.05, 0.1) is 6.67 Å². The predicted molar refractivity (Wildman–Crippen MR) is 70.4 cm³/mol. The fourth-order valence-corrected chi connectivity index (χ4v) is 2.41. The quantitative estimate of drug-likeness (QED) is 0.845. The van der Waals surface area contributed by atoms with Gasteiger partial charge in [-0.1, -0.05) is 12.1 Å². The minimum atomic E-state index is -0.222. The summed E-state index contributed by atoms with van der Waals surface area (Å²) in [5.74, 6) is 0. The molecule has 2 rings (SSSR count). The smallest absolute Gasteiger partial charge is 0.0911 e. The van der Waals surface area contributed by atoms with Crippen molar-refractivity contribution in [2.45, 2.75) is 25.8 Å². The van der Waals surface area contributed by atoms with Gasteiger partial charge >= 0.3 is 0 Å². The largest absolute Gasteiger partial charge is 0.371 e. The highest BCUT2D eigenvalue weighted by Gasteiger charge is 2.19. The molecule has 0 saturated carbocycles. The molecule has 2 nitrogen and oxygen atoms in total. The van der Waals surface area contributed by atoms with Crippen molar-refractivity contribution in [2.24, 2.45) is 0 Å². The average molecular weight is 236 g/mol. The Morgan fingerprint density at radius 2 is 2.29 bits per heavy atom. The van der Waals surface area contributed by atoms with E-state index in [9.17, 15) is 4.39 Å². The van der Waals surface area contributed by atoms with Gasteiger partial charge in [-0.25, -0.2) is 0 Å². The molecule has 1 aliphatic heterocycles. The molecule has 1 aliphatic rings. The number of benzene rings is 1. The van der Waals surface area contributed by atoms with Gasteiger partial charge in [0.1, 0.15) is 0 Å². The summed E-state index contributed by atoms with van der Waals surface area (Å²) in [6.45, 7) is 3.81. The van der Waals surface area contributed by atoms with Crippen LogP contribution >= 0.6 is 0 Å². The minimum Gasteiger partial charge on any atom is -0.371 e. The molecule has 17 heavy (non-hydrogen) atoms. The van der Waals surface area contributed by atoms with Crippen molar-refractivity contribution in [2.75, 3.05) is 31.7 Å². The van der Waals surface area contributed by atoms with Gasteiger partial charge in [-0.15, -0.1) is 0 Å². The van der Waals surface area contributed by atoms with E-state index in [0.29, 0.717) is 12.5 Å². The standard InChI is InChI=1S/C14H21FN2/c1-11(16-2)12-4-5-14-13(10-12)6-9-17(14)8-3-7-15/h4-5,10-11,16H,3,6-9H2,1-2H3. The van der Waals surface area contributed by atoms with Crippen LogP contribution in [0.1, 0.15) is 30.5 Å². The molecule has 1 N–H and O–H groups in total. The van der Waals surface area contributed by atoms with Gasteiger partial charge in [0.15, 0.2) is 0 Å². The van der Waals surface area contributed by atoms with E-state index in [0.717, 1.165) is 19.5 Å². The monoisotopic (exact) mass is 236 g/mol.